The summed E-state index contributed by atoms with van der Waals surface area (Å²) in [6, 6.07) is 9.88. The van der Waals surface area contributed by atoms with Crippen molar-refractivity contribution in [2.45, 2.75) is 12.8 Å². The molecular weight excluding hydrogens is 268 g/mol. The Labute approximate surface area is 124 Å². The number of ether oxygens (including phenoxy) is 1. The second-order valence-corrected chi connectivity index (χ2v) is 5.62. The van der Waals surface area contributed by atoms with E-state index in [0.29, 0.717) is 32.7 Å². The maximum Gasteiger partial charge on any atom is 0.234 e. The van der Waals surface area contributed by atoms with E-state index in [1.807, 2.05) is 30.3 Å². The molecule has 3 rings (SSSR count). The molecule has 1 aromatic carbocycles. The van der Waals surface area contributed by atoms with Crippen molar-refractivity contribution >= 4 is 11.8 Å². The second kappa shape index (κ2) is 6.37. The number of amides is 2. The molecule has 5 heteroatoms. The van der Waals surface area contributed by atoms with Crippen molar-refractivity contribution < 1.29 is 14.3 Å². The molecule has 5 nitrogen and oxygen atoms in total. The lowest BCUT2D eigenvalue weighted by molar-refractivity contribution is -0.142. The number of hydrogen-bond acceptors (Lipinski definition) is 4. The molecule has 1 atom stereocenters. The Balaban J connectivity index is 1.61. The third kappa shape index (κ3) is 3.31. The van der Waals surface area contributed by atoms with Crippen molar-refractivity contribution in [2.24, 2.45) is 5.92 Å². The van der Waals surface area contributed by atoms with Gasteiger partial charge in [-0.15, -0.1) is 0 Å². The molecule has 0 saturated carbocycles. The number of nitrogens with zero attached hydrogens (tertiary/aromatic N) is 2. The van der Waals surface area contributed by atoms with E-state index in [2.05, 4.69) is 4.90 Å². The number of hydrogen-bond donors (Lipinski definition) is 0. The summed E-state index contributed by atoms with van der Waals surface area (Å²) in [6.07, 6.45) is 0.975. The standard InChI is InChI=1S/C16H20N2O3/c19-15-11-14(10-13-4-2-1-3-5-13)16(20)18(15)12-17-6-8-21-9-7-17/h1-5,14H,6-12H2. The molecule has 0 aromatic heterocycles. The molecule has 21 heavy (non-hydrogen) atoms. The fraction of sp³-hybridized carbons (Fsp3) is 0.500. The molecule has 0 radical (unpaired) electrons. The minimum absolute atomic E-state index is 0.0321. The van der Waals surface area contributed by atoms with Gasteiger partial charge in [-0.1, -0.05) is 30.3 Å². The summed E-state index contributed by atoms with van der Waals surface area (Å²) < 4.78 is 5.29. The average Bonchev–Trinajstić information content (AvgIpc) is 2.77. The van der Waals surface area contributed by atoms with Crippen LogP contribution in [-0.2, 0) is 20.7 Å². The molecule has 1 aromatic rings. The highest BCUT2D eigenvalue weighted by Gasteiger charge is 2.39. The Kier molecular flexibility index (Phi) is 4.31. The van der Waals surface area contributed by atoms with Crippen molar-refractivity contribution in [3.8, 4) is 0 Å². The zero-order valence-electron chi connectivity index (χ0n) is 12.0. The Bertz CT molecular complexity index is 512. The summed E-state index contributed by atoms with van der Waals surface area (Å²) in [5, 5.41) is 0. The molecule has 2 aliphatic heterocycles. The summed E-state index contributed by atoms with van der Waals surface area (Å²) >= 11 is 0. The predicted molar refractivity (Wildman–Crippen MR) is 77.4 cm³/mol. The third-order valence-corrected chi connectivity index (χ3v) is 4.11. The molecule has 1 unspecified atom stereocenters. The molecule has 2 fully saturated rings. The van der Waals surface area contributed by atoms with Gasteiger partial charge in [0.15, 0.2) is 0 Å². The minimum atomic E-state index is -0.207. The molecule has 2 saturated heterocycles. The second-order valence-electron chi connectivity index (χ2n) is 5.62. The molecule has 2 aliphatic rings. The maximum atomic E-state index is 12.4. The van der Waals surface area contributed by atoms with Crippen LogP contribution >= 0.6 is 0 Å². The Morgan fingerprint density at radius 3 is 2.52 bits per heavy atom. The van der Waals surface area contributed by atoms with Gasteiger partial charge in [0, 0.05) is 19.5 Å². The normalized spacial score (nSPS) is 23.8. The molecule has 0 spiro atoms. The first-order valence-corrected chi connectivity index (χ1v) is 7.42. The summed E-state index contributed by atoms with van der Waals surface area (Å²) in [5.74, 6) is -0.288. The van der Waals surface area contributed by atoms with Gasteiger partial charge in [0.05, 0.1) is 25.8 Å². The molecular formula is C16H20N2O3. The lowest BCUT2D eigenvalue weighted by atomic mass is 9.98. The quantitative estimate of drug-likeness (QED) is 0.772. The molecule has 0 N–H and O–H groups in total. The van der Waals surface area contributed by atoms with Crippen molar-refractivity contribution in [1.29, 1.82) is 0 Å². The monoisotopic (exact) mass is 288 g/mol. The number of carbonyl (C=O) groups excluding carboxylic acids is 2. The average molecular weight is 288 g/mol. The summed E-state index contributed by atoms with van der Waals surface area (Å²) in [4.78, 5) is 28.1. The van der Waals surface area contributed by atoms with Gasteiger partial charge in [-0.25, -0.2) is 0 Å². The summed E-state index contributed by atoms with van der Waals surface area (Å²) in [6.45, 7) is 3.31. The Morgan fingerprint density at radius 1 is 1.10 bits per heavy atom. The van der Waals surface area contributed by atoms with E-state index in [1.165, 1.54) is 4.90 Å². The molecule has 2 amide bonds. The number of imide groups is 1. The van der Waals surface area contributed by atoms with Crippen LogP contribution in [0, 0.1) is 5.92 Å². The van der Waals surface area contributed by atoms with Crippen LogP contribution in [0.1, 0.15) is 12.0 Å². The van der Waals surface area contributed by atoms with Crippen LogP contribution in [0.5, 0.6) is 0 Å². The number of rotatable bonds is 4. The van der Waals surface area contributed by atoms with Gasteiger partial charge in [-0.05, 0) is 12.0 Å². The highest BCUT2D eigenvalue weighted by atomic mass is 16.5. The first-order chi connectivity index (χ1) is 10.2. The van der Waals surface area contributed by atoms with E-state index in [9.17, 15) is 9.59 Å². The first kappa shape index (κ1) is 14.2. The van der Waals surface area contributed by atoms with Gasteiger partial charge >= 0.3 is 0 Å². The van der Waals surface area contributed by atoms with Gasteiger partial charge in [-0.2, -0.15) is 0 Å². The van der Waals surface area contributed by atoms with Crippen molar-refractivity contribution in [3.05, 3.63) is 35.9 Å². The predicted octanol–water partition coefficient (Wildman–Crippen LogP) is 0.894. The van der Waals surface area contributed by atoms with Crippen LogP contribution in [-0.4, -0.2) is 54.6 Å². The molecule has 112 valence electrons. The van der Waals surface area contributed by atoms with E-state index < -0.39 is 0 Å². The van der Waals surface area contributed by atoms with Crippen LogP contribution in [0.25, 0.3) is 0 Å². The van der Waals surface area contributed by atoms with E-state index >= 15 is 0 Å². The number of likely N-dealkylation sites (tertiary alicyclic amines) is 1. The minimum Gasteiger partial charge on any atom is -0.379 e. The largest absolute Gasteiger partial charge is 0.379 e. The van der Waals surface area contributed by atoms with Crippen LogP contribution in [0.2, 0.25) is 0 Å². The van der Waals surface area contributed by atoms with E-state index in [4.69, 9.17) is 4.74 Å². The smallest absolute Gasteiger partial charge is 0.234 e. The summed E-state index contributed by atoms with van der Waals surface area (Å²) in [5.41, 5.74) is 1.11. The maximum absolute atomic E-state index is 12.4. The third-order valence-electron chi connectivity index (χ3n) is 4.11. The van der Waals surface area contributed by atoms with Gasteiger partial charge < -0.3 is 4.74 Å². The Morgan fingerprint density at radius 2 is 1.81 bits per heavy atom. The van der Waals surface area contributed by atoms with E-state index in [1.54, 1.807) is 0 Å². The van der Waals surface area contributed by atoms with Crippen molar-refractivity contribution in [1.82, 2.24) is 9.80 Å². The molecule has 0 bridgehead atoms. The lowest BCUT2D eigenvalue weighted by Gasteiger charge is -2.29. The van der Waals surface area contributed by atoms with Crippen LogP contribution in [0.15, 0.2) is 30.3 Å². The number of morpholine rings is 1. The lowest BCUT2D eigenvalue weighted by Crippen LogP contribution is -2.46. The van der Waals surface area contributed by atoms with E-state index in [0.717, 1.165) is 18.7 Å². The summed E-state index contributed by atoms with van der Waals surface area (Å²) in [7, 11) is 0. The van der Waals surface area contributed by atoms with Gasteiger partial charge in [-0.3, -0.25) is 19.4 Å². The van der Waals surface area contributed by atoms with Crippen molar-refractivity contribution in [3.63, 3.8) is 0 Å². The highest BCUT2D eigenvalue weighted by molar-refractivity contribution is 6.03. The van der Waals surface area contributed by atoms with Gasteiger partial charge in [0.1, 0.15) is 0 Å². The number of carbonyl (C=O) groups is 2. The van der Waals surface area contributed by atoms with Crippen LogP contribution in [0.3, 0.4) is 0 Å². The van der Waals surface area contributed by atoms with Crippen LogP contribution in [0.4, 0.5) is 0 Å². The SMILES string of the molecule is O=C1CC(Cc2ccccc2)C(=O)N1CN1CCOCC1. The highest BCUT2D eigenvalue weighted by Crippen LogP contribution is 2.24. The first-order valence-electron chi connectivity index (χ1n) is 7.42. The fourth-order valence-electron chi connectivity index (χ4n) is 2.90. The van der Waals surface area contributed by atoms with Crippen molar-refractivity contribution in [2.75, 3.05) is 33.0 Å². The topological polar surface area (TPSA) is 49.9 Å². The number of benzene rings is 1. The Hall–Kier alpha value is -1.72. The fourth-order valence-corrected chi connectivity index (χ4v) is 2.90. The zero-order valence-corrected chi connectivity index (χ0v) is 12.0. The molecule has 2 heterocycles. The molecule has 0 aliphatic carbocycles. The van der Waals surface area contributed by atoms with Crippen LogP contribution < -0.4 is 0 Å². The van der Waals surface area contributed by atoms with Gasteiger partial charge in [0.2, 0.25) is 11.8 Å². The zero-order chi connectivity index (χ0) is 14.7. The van der Waals surface area contributed by atoms with Gasteiger partial charge in [0.25, 0.3) is 0 Å². The van der Waals surface area contributed by atoms with E-state index in [-0.39, 0.29) is 17.7 Å².